The van der Waals surface area contributed by atoms with Crippen LogP contribution in [0.4, 0.5) is 24.7 Å². The molecule has 138 valence electrons. The van der Waals surface area contributed by atoms with Crippen LogP contribution < -0.4 is 9.80 Å². The van der Waals surface area contributed by atoms with Gasteiger partial charge in [0.15, 0.2) is 5.82 Å². The van der Waals surface area contributed by atoms with E-state index in [1.54, 1.807) is 31.0 Å². The van der Waals surface area contributed by atoms with Crippen LogP contribution in [0.1, 0.15) is 19.8 Å². The second-order valence-electron chi connectivity index (χ2n) is 6.58. The molecule has 3 heterocycles. The molecule has 1 atom stereocenters. The molecule has 0 spiro atoms. The highest BCUT2D eigenvalue weighted by Gasteiger charge is 2.40. The third kappa shape index (κ3) is 3.69. The molecule has 1 aromatic heterocycles. The fourth-order valence-corrected chi connectivity index (χ4v) is 3.81. The highest BCUT2D eigenvalue weighted by atomic mass is 35.5. The number of likely N-dealkylation sites (tertiary alicyclic amines) is 1. The molecule has 1 aromatic rings. The molecular weight excluding hydrogens is 357 g/mol. The fraction of sp³-hybridized carbons (Fsp3) is 0.625. The average molecular weight is 377 g/mol. The average Bonchev–Trinajstić information content (AvgIpc) is 2.53. The first kappa shape index (κ1) is 18.3. The summed E-state index contributed by atoms with van der Waals surface area (Å²) < 4.78 is 37.7. The molecule has 9 heteroatoms. The van der Waals surface area contributed by atoms with Crippen molar-refractivity contribution in [1.82, 2.24) is 9.88 Å². The number of halogens is 4. The number of hydrogen-bond donors (Lipinski definition) is 0. The van der Waals surface area contributed by atoms with E-state index in [4.69, 9.17) is 11.6 Å². The first-order valence-corrected chi connectivity index (χ1v) is 8.57. The fourth-order valence-electron chi connectivity index (χ4n) is 3.67. The molecule has 0 bridgehead atoms. The van der Waals surface area contributed by atoms with E-state index in [1.165, 1.54) is 4.90 Å². The zero-order chi connectivity index (χ0) is 18.4. The van der Waals surface area contributed by atoms with Gasteiger partial charge in [-0.1, -0.05) is 11.6 Å². The van der Waals surface area contributed by atoms with Gasteiger partial charge in [0, 0.05) is 26.2 Å². The topological polar surface area (TPSA) is 39.7 Å². The van der Waals surface area contributed by atoms with Gasteiger partial charge in [0.25, 0.3) is 0 Å². The Bertz CT molecular complexity index is 661. The molecule has 2 aliphatic rings. The molecule has 5 nitrogen and oxygen atoms in total. The summed E-state index contributed by atoms with van der Waals surface area (Å²) >= 11 is 6.03. The number of anilines is 2. The second-order valence-corrected chi connectivity index (χ2v) is 6.97. The number of amides is 1. The number of piperidine rings is 1. The Labute approximate surface area is 149 Å². The number of carbonyl (C=O) groups is 1. The van der Waals surface area contributed by atoms with E-state index in [1.807, 2.05) is 4.90 Å². The van der Waals surface area contributed by atoms with Crippen molar-refractivity contribution in [2.24, 2.45) is 0 Å². The van der Waals surface area contributed by atoms with Crippen LogP contribution in [0.15, 0.2) is 12.1 Å². The lowest BCUT2D eigenvalue weighted by molar-refractivity contribution is -0.147. The van der Waals surface area contributed by atoms with E-state index in [0.717, 1.165) is 0 Å². The van der Waals surface area contributed by atoms with Crippen molar-refractivity contribution in [3.05, 3.63) is 17.3 Å². The molecule has 3 rings (SSSR count). The van der Waals surface area contributed by atoms with Gasteiger partial charge in [-0.05, 0) is 31.9 Å². The summed E-state index contributed by atoms with van der Waals surface area (Å²) in [5.41, 5.74) is 0.672. The van der Waals surface area contributed by atoms with Gasteiger partial charge in [-0.25, -0.2) is 4.98 Å². The van der Waals surface area contributed by atoms with E-state index in [9.17, 15) is 18.0 Å². The van der Waals surface area contributed by atoms with Crippen molar-refractivity contribution in [3.63, 3.8) is 0 Å². The number of nitrogens with zero attached hydrogens (tertiary/aromatic N) is 4. The summed E-state index contributed by atoms with van der Waals surface area (Å²) in [6.45, 7) is 1.59. The minimum Gasteiger partial charge on any atom is -0.340 e. The Hall–Kier alpha value is -1.54. The molecule has 0 aliphatic carbocycles. The van der Waals surface area contributed by atoms with E-state index in [0.29, 0.717) is 42.6 Å². The van der Waals surface area contributed by atoms with Gasteiger partial charge in [-0.3, -0.25) is 9.69 Å². The number of aromatic nitrogens is 1. The lowest BCUT2D eigenvalue weighted by Crippen LogP contribution is -2.57. The molecule has 1 amide bonds. The Balaban J connectivity index is 1.82. The molecule has 0 N–H and O–H groups in total. The zero-order valence-corrected chi connectivity index (χ0v) is 14.8. The van der Waals surface area contributed by atoms with Crippen LogP contribution in [0.5, 0.6) is 0 Å². The largest absolute Gasteiger partial charge is 0.401 e. The predicted molar refractivity (Wildman–Crippen MR) is 90.1 cm³/mol. The molecule has 25 heavy (non-hydrogen) atoms. The van der Waals surface area contributed by atoms with Crippen LogP contribution in [0, 0.1) is 0 Å². The molecule has 0 saturated carbocycles. The van der Waals surface area contributed by atoms with Gasteiger partial charge in [0.05, 0.1) is 12.2 Å². The number of carbonyl (C=O) groups excluding carboxylic acids is 1. The molecular formula is C16H20ClF3N4O. The molecule has 1 fully saturated rings. The lowest BCUT2D eigenvalue weighted by atomic mass is 9.99. The summed E-state index contributed by atoms with van der Waals surface area (Å²) in [5.74, 6) is 0.561. The van der Waals surface area contributed by atoms with Gasteiger partial charge >= 0.3 is 6.18 Å². The summed E-state index contributed by atoms with van der Waals surface area (Å²) in [7, 11) is 1.69. The van der Waals surface area contributed by atoms with Crippen molar-refractivity contribution in [2.75, 3.05) is 36.5 Å². The molecule has 0 aromatic carbocycles. The number of alkyl halides is 3. The van der Waals surface area contributed by atoms with Gasteiger partial charge in [0.1, 0.15) is 11.2 Å². The first-order chi connectivity index (χ1) is 11.7. The van der Waals surface area contributed by atoms with E-state index < -0.39 is 18.8 Å². The van der Waals surface area contributed by atoms with Crippen LogP contribution in [0.3, 0.4) is 0 Å². The number of hydrogen-bond acceptors (Lipinski definition) is 4. The van der Waals surface area contributed by atoms with Gasteiger partial charge in [-0.2, -0.15) is 13.2 Å². The van der Waals surface area contributed by atoms with Gasteiger partial charge in [0.2, 0.25) is 5.91 Å². The van der Waals surface area contributed by atoms with Crippen molar-refractivity contribution in [3.8, 4) is 0 Å². The van der Waals surface area contributed by atoms with E-state index >= 15 is 0 Å². The summed E-state index contributed by atoms with van der Waals surface area (Å²) in [6, 6.07) is 2.91. The van der Waals surface area contributed by atoms with E-state index in [2.05, 4.69) is 4.98 Å². The first-order valence-electron chi connectivity index (χ1n) is 8.19. The van der Waals surface area contributed by atoms with Gasteiger partial charge in [-0.15, -0.1) is 0 Å². The van der Waals surface area contributed by atoms with Gasteiger partial charge < -0.3 is 9.80 Å². The molecule has 0 unspecified atom stereocenters. The minimum atomic E-state index is -4.19. The Morgan fingerprint density at radius 1 is 1.28 bits per heavy atom. The maximum atomic E-state index is 12.6. The number of pyridine rings is 1. The predicted octanol–water partition coefficient (Wildman–Crippen LogP) is 2.93. The smallest absolute Gasteiger partial charge is 0.340 e. The van der Waals surface area contributed by atoms with Crippen LogP contribution in [0.25, 0.3) is 0 Å². The van der Waals surface area contributed by atoms with Crippen molar-refractivity contribution in [1.29, 1.82) is 0 Å². The third-order valence-corrected chi connectivity index (χ3v) is 5.10. The quantitative estimate of drug-likeness (QED) is 0.744. The van der Waals surface area contributed by atoms with E-state index in [-0.39, 0.29) is 11.9 Å². The maximum absolute atomic E-state index is 12.6. The standard InChI is InChI=1S/C16H20ClF3N4O/c1-10-15(25)22(2)12-3-4-13(17)21-14(12)24(10)11-5-7-23(8-6-11)9-16(18,19)20/h3-4,10-11H,5-9H2,1-2H3/t10-/m1/s1. The van der Waals surface area contributed by atoms with Crippen LogP contribution >= 0.6 is 11.6 Å². The normalized spacial score (nSPS) is 23.1. The monoisotopic (exact) mass is 376 g/mol. The Morgan fingerprint density at radius 2 is 1.92 bits per heavy atom. The van der Waals surface area contributed by atoms with Crippen LogP contribution in [-0.2, 0) is 4.79 Å². The molecule has 1 saturated heterocycles. The zero-order valence-electron chi connectivity index (χ0n) is 14.1. The highest BCUT2D eigenvalue weighted by Crippen LogP contribution is 2.38. The van der Waals surface area contributed by atoms with Crippen molar-refractivity contribution < 1.29 is 18.0 Å². The lowest BCUT2D eigenvalue weighted by Gasteiger charge is -2.46. The Morgan fingerprint density at radius 3 is 2.52 bits per heavy atom. The molecule has 0 radical (unpaired) electrons. The third-order valence-electron chi connectivity index (χ3n) is 4.89. The van der Waals surface area contributed by atoms with Crippen molar-refractivity contribution >= 4 is 29.0 Å². The van der Waals surface area contributed by atoms with Crippen LogP contribution in [0.2, 0.25) is 5.15 Å². The number of fused-ring (bicyclic) bond motifs is 1. The van der Waals surface area contributed by atoms with Crippen molar-refractivity contribution in [2.45, 2.75) is 38.0 Å². The maximum Gasteiger partial charge on any atom is 0.401 e. The summed E-state index contributed by atoms with van der Waals surface area (Å²) in [4.78, 5) is 21.8. The Kier molecular flexibility index (Phi) is 4.85. The molecule has 2 aliphatic heterocycles. The number of likely N-dealkylation sites (N-methyl/N-ethyl adjacent to an activating group) is 1. The summed E-state index contributed by atoms with van der Waals surface area (Å²) in [6.07, 6.45) is -3.10. The van der Waals surface area contributed by atoms with Crippen LogP contribution in [-0.4, -0.2) is 60.7 Å². The second kappa shape index (κ2) is 6.64. The minimum absolute atomic E-state index is 0.0400. The summed E-state index contributed by atoms with van der Waals surface area (Å²) in [5, 5.41) is 0.327. The SMILES string of the molecule is C[C@@H]1C(=O)N(C)c2ccc(Cl)nc2N1C1CCN(CC(F)(F)F)CC1. The number of rotatable bonds is 2. The highest BCUT2D eigenvalue weighted by molar-refractivity contribution is 6.29.